The van der Waals surface area contributed by atoms with Gasteiger partial charge in [-0.25, -0.2) is 0 Å². The molecule has 0 radical (unpaired) electrons. The van der Waals surface area contributed by atoms with Gasteiger partial charge in [0.25, 0.3) is 5.89 Å². The Bertz CT molecular complexity index is 1150. The summed E-state index contributed by atoms with van der Waals surface area (Å²) >= 11 is 7.49. The van der Waals surface area contributed by atoms with Crippen LogP contribution in [0, 0.1) is 0 Å². The van der Waals surface area contributed by atoms with Gasteiger partial charge in [-0.2, -0.15) is 4.98 Å². The number of nitrogens with zero attached hydrogens (tertiary/aromatic N) is 6. The van der Waals surface area contributed by atoms with Gasteiger partial charge in [0, 0.05) is 41.5 Å². The first kappa shape index (κ1) is 22.4. The molecule has 2 aromatic heterocycles. The van der Waals surface area contributed by atoms with E-state index in [9.17, 15) is 0 Å². The lowest BCUT2D eigenvalue weighted by Gasteiger charge is -2.21. The Balaban J connectivity index is 1.47. The molecule has 7 nitrogen and oxygen atoms in total. The van der Waals surface area contributed by atoms with Gasteiger partial charge in [0.2, 0.25) is 0 Å². The van der Waals surface area contributed by atoms with Crippen molar-refractivity contribution in [3.8, 4) is 22.8 Å². The Morgan fingerprint density at radius 1 is 0.938 bits per heavy atom. The van der Waals surface area contributed by atoms with E-state index in [1.807, 2.05) is 12.1 Å². The molecule has 2 aromatic carbocycles. The van der Waals surface area contributed by atoms with Crippen molar-refractivity contribution in [1.29, 1.82) is 0 Å². The molecule has 166 valence electrons. The number of rotatable bonds is 9. The highest BCUT2D eigenvalue weighted by atomic mass is 35.5. The van der Waals surface area contributed by atoms with Crippen LogP contribution in [0.3, 0.4) is 0 Å². The zero-order valence-electron chi connectivity index (χ0n) is 18.3. The third kappa shape index (κ3) is 4.81. The summed E-state index contributed by atoms with van der Waals surface area (Å²) in [6.45, 7) is 9.15. The van der Waals surface area contributed by atoms with E-state index in [-0.39, 0.29) is 0 Å². The van der Waals surface area contributed by atoms with E-state index in [1.165, 1.54) is 5.69 Å². The molecule has 0 saturated heterocycles. The van der Waals surface area contributed by atoms with E-state index in [1.54, 1.807) is 23.9 Å². The van der Waals surface area contributed by atoms with Crippen LogP contribution in [-0.4, -0.2) is 38.0 Å². The molecule has 2 heterocycles. The van der Waals surface area contributed by atoms with Crippen molar-refractivity contribution in [2.24, 2.45) is 0 Å². The molecule has 4 aromatic rings. The predicted molar refractivity (Wildman–Crippen MR) is 129 cm³/mol. The maximum Gasteiger partial charge on any atom is 0.257 e. The maximum absolute atomic E-state index is 5.94. The second kappa shape index (κ2) is 10.2. The van der Waals surface area contributed by atoms with Crippen LogP contribution in [-0.2, 0) is 12.3 Å². The molecule has 0 aliphatic carbocycles. The van der Waals surface area contributed by atoms with Crippen molar-refractivity contribution in [3.05, 3.63) is 59.4 Å². The quantitative estimate of drug-likeness (QED) is 0.287. The van der Waals surface area contributed by atoms with Crippen molar-refractivity contribution >= 4 is 29.1 Å². The highest BCUT2D eigenvalue weighted by Crippen LogP contribution is 2.28. The number of halogens is 1. The number of benzene rings is 2. The van der Waals surface area contributed by atoms with Gasteiger partial charge in [-0.15, -0.1) is 10.2 Å². The van der Waals surface area contributed by atoms with E-state index in [2.05, 4.69) is 74.8 Å². The summed E-state index contributed by atoms with van der Waals surface area (Å²) in [5, 5.41) is 14.4. The van der Waals surface area contributed by atoms with Gasteiger partial charge < -0.3 is 14.0 Å². The van der Waals surface area contributed by atoms with Crippen molar-refractivity contribution in [1.82, 2.24) is 24.9 Å². The lowest BCUT2D eigenvalue weighted by Crippen LogP contribution is -2.21. The molecule has 0 N–H and O–H groups in total. The molecule has 0 amide bonds. The fraction of sp³-hybridized carbons (Fsp3) is 0.304. The lowest BCUT2D eigenvalue weighted by molar-refractivity contribution is 0.425. The van der Waals surface area contributed by atoms with Crippen LogP contribution in [0.1, 0.15) is 26.6 Å². The molecule has 0 atom stereocenters. The van der Waals surface area contributed by atoms with Crippen molar-refractivity contribution in [3.63, 3.8) is 0 Å². The summed E-state index contributed by atoms with van der Waals surface area (Å²) in [6, 6.07) is 15.8. The average molecular weight is 469 g/mol. The zero-order valence-corrected chi connectivity index (χ0v) is 19.9. The molecule has 32 heavy (non-hydrogen) atoms. The van der Waals surface area contributed by atoms with Gasteiger partial charge >= 0.3 is 0 Å². The van der Waals surface area contributed by atoms with E-state index in [4.69, 9.17) is 16.1 Å². The first-order chi connectivity index (χ1) is 15.6. The summed E-state index contributed by atoms with van der Waals surface area (Å²) in [7, 11) is 0. The van der Waals surface area contributed by atoms with Gasteiger partial charge in [-0.1, -0.05) is 28.5 Å². The highest BCUT2D eigenvalue weighted by molar-refractivity contribution is 7.98. The SMILES string of the molecule is CCN(CC)c1ccc(-c2nnc(SCc3noc(-c4ccc(Cl)cc4)n3)n2CC)cc1. The van der Waals surface area contributed by atoms with Gasteiger partial charge in [0.15, 0.2) is 16.8 Å². The Hall–Kier alpha value is -2.84. The Morgan fingerprint density at radius 2 is 1.62 bits per heavy atom. The molecule has 0 bridgehead atoms. The van der Waals surface area contributed by atoms with Crippen LogP contribution in [0.5, 0.6) is 0 Å². The molecule has 9 heteroatoms. The molecule has 0 saturated carbocycles. The van der Waals surface area contributed by atoms with Crippen LogP contribution >= 0.6 is 23.4 Å². The Kier molecular flexibility index (Phi) is 7.12. The maximum atomic E-state index is 5.94. The van der Waals surface area contributed by atoms with Crippen molar-refractivity contribution in [2.75, 3.05) is 18.0 Å². The van der Waals surface area contributed by atoms with Crippen LogP contribution in [0.15, 0.2) is 58.2 Å². The molecule has 0 fully saturated rings. The smallest absolute Gasteiger partial charge is 0.257 e. The molecule has 0 aliphatic rings. The minimum Gasteiger partial charge on any atom is -0.372 e. The predicted octanol–water partition coefficient (Wildman–Crippen LogP) is 5.81. The zero-order chi connectivity index (χ0) is 22.5. The standard InChI is InChI=1S/C23H25ClN6OS/c1-4-29(5-2)19-13-9-16(10-14-19)21-26-27-23(30(21)6-3)32-15-20-25-22(31-28-20)17-7-11-18(24)12-8-17/h7-14H,4-6,15H2,1-3H3. The lowest BCUT2D eigenvalue weighted by atomic mass is 10.2. The molecule has 0 spiro atoms. The van der Waals surface area contributed by atoms with E-state index in [0.717, 1.165) is 41.7 Å². The molecule has 0 aliphatic heterocycles. The van der Waals surface area contributed by atoms with Crippen LogP contribution in [0.2, 0.25) is 5.02 Å². The topological polar surface area (TPSA) is 72.9 Å². The summed E-state index contributed by atoms with van der Waals surface area (Å²) in [5.74, 6) is 2.48. The monoisotopic (exact) mass is 468 g/mol. The second-order valence-electron chi connectivity index (χ2n) is 7.08. The van der Waals surface area contributed by atoms with Gasteiger partial charge in [-0.3, -0.25) is 0 Å². The van der Waals surface area contributed by atoms with E-state index in [0.29, 0.717) is 22.5 Å². The summed E-state index contributed by atoms with van der Waals surface area (Å²) in [6.07, 6.45) is 0. The third-order valence-electron chi connectivity index (χ3n) is 5.18. The molecule has 0 unspecified atom stereocenters. The van der Waals surface area contributed by atoms with Gasteiger partial charge in [0.05, 0.1) is 5.75 Å². The number of hydrogen-bond acceptors (Lipinski definition) is 7. The molecular formula is C23H25ClN6OS. The van der Waals surface area contributed by atoms with Crippen LogP contribution in [0.25, 0.3) is 22.8 Å². The second-order valence-corrected chi connectivity index (χ2v) is 8.46. The van der Waals surface area contributed by atoms with E-state index >= 15 is 0 Å². The van der Waals surface area contributed by atoms with Crippen molar-refractivity contribution in [2.45, 2.75) is 38.2 Å². The Morgan fingerprint density at radius 3 is 2.28 bits per heavy atom. The first-order valence-electron chi connectivity index (χ1n) is 10.6. The van der Waals surface area contributed by atoms with Crippen LogP contribution in [0.4, 0.5) is 5.69 Å². The largest absolute Gasteiger partial charge is 0.372 e. The summed E-state index contributed by atoms with van der Waals surface area (Å²) in [4.78, 5) is 6.80. The van der Waals surface area contributed by atoms with E-state index < -0.39 is 0 Å². The summed E-state index contributed by atoms with van der Waals surface area (Å²) < 4.78 is 7.50. The normalized spacial score (nSPS) is 11.1. The fourth-order valence-corrected chi connectivity index (χ4v) is 4.43. The number of hydrogen-bond donors (Lipinski definition) is 0. The molecular weight excluding hydrogens is 444 g/mol. The van der Waals surface area contributed by atoms with Crippen molar-refractivity contribution < 1.29 is 4.52 Å². The minimum atomic E-state index is 0.475. The highest BCUT2D eigenvalue weighted by Gasteiger charge is 2.16. The van der Waals surface area contributed by atoms with Gasteiger partial charge in [-0.05, 0) is 69.3 Å². The Labute approximate surface area is 196 Å². The molecule has 4 rings (SSSR count). The van der Waals surface area contributed by atoms with Gasteiger partial charge in [0.1, 0.15) is 0 Å². The first-order valence-corrected chi connectivity index (χ1v) is 12.0. The number of anilines is 1. The van der Waals surface area contributed by atoms with Crippen LogP contribution < -0.4 is 4.90 Å². The average Bonchev–Trinajstić information content (AvgIpc) is 3.46. The summed E-state index contributed by atoms with van der Waals surface area (Å²) in [5.41, 5.74) is 3.10. The third-order valence-corrected chi connectivity index (χ3v) is 6.39. The number of thioether (sulfide) groups is 1. The number of aromatic nitrogens is 5. The fourth-order valence-electron chi connectivity index (χ4n) is 3.46. The minimum absolute atomic E-state index is 0.475.